The second-order valence-electron chi connectivity index (χ2n) is 3.70. The van der Waals surface area contributed by atoms with Crippen LogP contribution in [0.4, 0.5) is 5.95 Å². The number of aryl methyl sites for hydroxylation is 1. The number of nitrogens with zero attached hydrogens (tertiary/aromatic N) is 3. The van der Waals surface area contributed by atoms with Crippen LogP contribution in [0.25, 0.3) is 0 Å². The highest BCUT2D eigenvalue weighted by molar-refractivity contribution is 6.03. The molecule has 1 aromatic carbocycles. The summed E-state index contributed by atoms with van der Waals surface area (Å²) < 4.78 is 1.47. The van der Waals surface area contributed by atoms with Crippen LogP contribution in [0.3, 0.4) is 0 Å². The van der Waals surface area contributed by atoms with Crippen LogP contribution in [-0.2, 0) is 7.05 Å². The quantitative estimate of drug-likeness (QED) is 0.763. The first kappa shape index (κ1) is 12.8. The molecule has 0 spiro atoms. The van der Waals surface area contributed by atoms with Gasteiger partial charge in [0.2, 0.25) is 5.95 Å². The average molecular weight is 256 g/mol. The van der Waals surface area contributed by atoms with Gasteiger partial charge in [0, 0.05) is 18.2 Å². The molecule has 0 bridgehead atoms. The van der Waals surface area contributed by atoms with Crippen molar-refractivity contribution in [1.29, 1.82) is 0 Å². The number of carbonyl (C=O) groups excluding carboxylic acids is 1. The summed E-state index contributed by atoms with van der Waals surface area (Å²) in [6.07, 6.45) is 1.36. The molecule has 0 radical (unpaired) electrons. The van der Waals surface area contributed by atoms with Crippen molar-refractivity contribution in [3.05, 3.63) is 41.7 Å². The fourth-order valence-electron chi connectivity index (χ4n) is 1.46. The number of aliphatic hydroxyl groups excluding tert-OH is 1. The molecule has 0 aliphatic rings. The number of rotatable bonds is 2. The topological polar surface area (TPSA) is 80.0 Å². The van der Waals surface area contributed by atoms with Gasteiger partial charge < -0.3 is 5.11 Å². The molecule has 0 unspecified atom stereocenters. The first-order valence-electron chi connectivity index (χ1n) is 5.56. The summed E-state index contributed by atoms with van der Waals surface area (Å²) in [5.41, 5.74) is 1.13. The van der Waals surface area contributed by atoms with Gasteiger partial charge in [-0.2, -0.15) is 10.1 Å². The van der Waals surface area contributed by atoms with Crippen molar-refractivity contribution < 1.29 is 9.90 Å². The SMILES string of the molecule is Cn1ncnc1NC(=O)c1cccc(C#CCO)c1. The molecule has 0 atom stereocenters. The van der Waals surface area contributed by atoms with Gasteiger partial charge in [-0.05, 0) is 18.2 Å². The molecule has 1 amide bonds. The van der Waals surface area contributed by atoms with E-state index in [1.165, 1.54) is 11.0 Å². The van der Waals surface area contributed by atoms with Crippen molar-refractivity contribution in [3.63, 3.8) is 0 Å². The Hall–Kier alpha value is -2.65. The summed E-state index contributed by atoms with van der Waals surface area (Å²) in [5, 5.41) is 15.1. The third-order valence-corrected chi connectivity index (χ3v) is 2.37. The molecule has 6 heteroatoms. The number of amides is 1. The van der Waals surface area contributed by atoms with E-state index in [9.17, 15) is 4.79 Å². The van der Waals surface area contributed by atoms with Crippen molar-refractivity contribution in [1.82, 2.24) is 14.8 Å². The van der Waals surface area contributed by atoms with Crippen LogP contribution >= 0.6 is 0 Å². The van der Waals surface area contributed by atoms with Crippen molar-refractivity contribution in [2.24, 2.45) is 7.05 Å². The fourth-order valence-corrected chi connectivity index (χ4v) is 1.46. The third kappa shape index (κ3) is 3.18. The van der Waals surface area contributed by atoms with Gasteiger partial charge in [0.15, 0.2) is 0 Å². The Morgan fingerprint density at radius 1 is 1.53 bits per heavy atom. The Morgan fingerprint density at radius 2 is 2.37 bits per heavy atom. The maximum Gasteiger partial charge on any atom is 0.258 e. The number of carbonyl (C=O) groups is 1. The molecule has 1 heterocycles. The van der Waals surface area contributed by atoms with E-state index in [0.29, 0.717) is 17.1 Å². The van der Waals surface area contributed by atoms with Gasteiger partial charge >= 0.3 is 0 Å². The minimum atomic E-state index is -0.288. The van der Waals surface area contributed by atoms with Crippen molar-refractivity contribution >= 4 is 11.9 Å². The summed E-state index contributed by atoms with van der Waals surface area (Å²) in [4.78, 5) is 15.9. The summed E-state index contributed by atoms with van der Waals surface area (Å²) in [6, 6.07) is 6.82. The molecular formula is C13H12N4O2. The van der Waals surface area contributed by atoms with Gasteiger partial charge in [0.05, 0.1) is 0 Å². The first-order chi connectivity index (χ1) is 9.20. The summed E-state index contributed by atoms with van der Waals surface area (Å²) >= 11 is 0. The third-order valence-electron chi connectivity index (χ3n) is 2.37. The van der Waals surface area contributed by atoms with Gasteiger partial charge in [0.1, 0.15) is 12.9 Å². The van der Waals surface area contributed by atoms with Gasteiger partial charge in [-0.25, -0.2) is 4.68 Å². The first-order valence-corrected chi connectivity index (χ1v) is 5.56. The molecule has 0 aliphatic carbocycles. The molecule has 0 fully saturated rings. The van der Waals surface area contributed by atoms with Crippen LogP contribution in [0.15, 0.2) is 30.6 Å². The molecule has 0 aliphatic heterocycles. The van der Waals surface area contributed by atoms with Crippen molar-refractivity contribution in [2.45, 2.75) is 0 Å². The molecule has 2 rings (SSSR count). The Labute approximate surface area is 110 Å². The molecule has 6 nitrogen and oxygen atoms in total. The molecule has 19 heavy (non-hydrogen) atoms. The van der Waals surface area contributed by atoms with E-state index in [0.717, 1.165) is 0 Å². The van der Waals surface area contributed by atoms with E-state index in [-0.39, 0.29) is 12.5 Å². The van der Waals surface area contributed by atoms with Crippen LogP contribution in [0, 0.1) is 11.8 Å². The standard InChI is InChI=1S/C13H12N4O2/c1-17-13(14-9-15-17)16-12(19)11-6-2-4-10(8-11)5-3-7-18/h2,4,6,8-9,18H,7H2,1H3,(H,14,15,16,19). The Bertz CT molecular complexity index is 652. The number of nitrogens with one attached hydrogen (secondary N) is 1. The predicted molar refractivity (Wildman–Crippen MR) is 69.4 cm³/mol. The number of aliphatic hydroxyl groups is 1. The van der Waals surface area contributed by atoms with Gasteiger partial charge in [-0.1, -0.05) is 17.9 Å². The van der Waals surface area contributed by atoms with E-state index in [4.69, 9.17) is 5.11 Å². The van der Waals surface area contributed by atoms with Crippen molar-refractivity contribution in [3.8, 4) is 11.8 Å². The lowest BCUT2D eigenvalue weighted by Crippen LogP contribution is -2.15. The van der Waals surface area contributed by atoms with E-state index in [2.05, 4.69) is 27.2 Å². The molecule has 96 valence electrons. The molecule has 0 saturated carbocycles. The Kier molecular flexibility index (Phi) is 3.90. The van der Waals surface area contributed by atoms with Crippen LogP contribution in [0.5, 0.6) is 0 Å². The van der Waals surface area contributed by atoms with E-state index < -0.39 is 0 Å². The maximum atomic E-state index is 12.0. The van der Waals surface area contributed by atoms with Crippen LogP contribution < -0.4 is 5.32 Å². The van der Waals surface area contributed by atoms with Crippen LogP contribution in [-0.4, -0.2) is 32.4 Å². The van der Waals surface area contributed by atoms with E-state index in [1.54, 1.807) is 31.3 Å². The smallest absolute Gasteiger partial charge is 0.258 e. The predicted octanol–water partition coefficient (Wildman–Crippen LogP) is 0.411. The monoisotopic (exact) mass is 256 g/mol. The minimum Gasteiger partial charge on any atom is -0.384 e. The summed E-state index contributed by atoms with van der Waals surface area (Å²) in [5.74, 6) is 5.36. The lowest BCUT2D eigenvalue weighted by atomic mass is 10.1. The number of aromatic nitrogens is 3. The van der Waals surface area contributed by atoms with E-state index in [1.807, 2.05) is 0 Å². The zero-order chi connectivity index (χ0) is 13.7. The molecular weight excluding hydrogens is 244 g/mol. The lowest BCUT2D eigenvalue weighted by Gasteiger charge is -2.04. The van der Waals surface area contributed by atoms with Crippen LogP contribution in [0.1, 0.15) is 15.9 Å². The minimum absolute atomic E-state index is 0.213. The maximum absolute atomic E-state index is 12.0. The fraction of sp³-hybridized carbons (Fsp3) is 0.154. The second-order valence-corrected chi connectivity index (χ2v) is 3.70. The highest BCUT2D eigenvalue weighted by Crippen LogP contribution is 2.07. The van der Waals surface area contributed by atoms with Gasteiger partial charge in [0.25, 0.3) is 5.91 Å². The summed E-state index contributed by atoms with van der Waals surface area (Å²) in [7, 11) is 1.69. The second kappa shape index (κ2) is 5.80. The summed E-state index contributed by atoms with van der Waals surface area (Å²) in [6.45, 7) is -0.213. The lowest BCUT2D eigenvalue weighted by molar-refractivity contribution is 0.102. The molecule has 2 aromatic rings. The molecule has 2 N–H and O–H groups in total. The molecule has 0 saturated heterocycles. The normalized spacial score (nSPS) is 9.58. The Morgan fingerprint density at radius 3 is 3.05 bits per heavy atom. The largest absolute Gasteiger partial charge is 0.384 e. The van der Waals surface area contributed by atoms with Crippen molar-refractivity contribution in [2.75, 3.05) is 11.9 Å². The zero-order valence-electron chi connectivity index (χ0n) is 10.3. The number of hydrogen-bond donors (Lipinski definition) is 2. The number of hydrogen-bond acceptors (Lipinski definition) is 4. The number of benzene rings is 1. The molecule has 1 aromatic heterocycles. The number of anilines is 1. The van der Waals surface area contributed by atoms with Gasteiger partial charge in [-0.3, -0.25) is 10.1 Å². The highest BCUT2D eigenvalue weighted by atomic mass is 16.2. The van der Waals surface area contributed by atoms with Gasteiger partial charge in [-0.15, -0.1) is 0 Å². The zero-order valence-corrected chi connectivity index (χ0v) is 10.3. The average Bonchev–Trinajstić information content (AvgIpc) is 2.82. The van der Waals surface area contributed by atoms with E-state index >= 15 is 0 Å². The highest BCUT2D eigenvalue weighted by Gasteiger charge is 2.09. The van der Waals surface area contributed by atoms with Crippen LogP contribution in [0.2, 0.25) is 0 Å². The Balaban J connectivity index is 2.17.